The van der Waals surface area contributed by atoms with E-state index in [1.54, 1.807) is 0 Å². The normalized spacial score (nSPS) is 29.0. The quantitative estimate of drug-likeness (QED) is 0.755. The summed E-state index contributed by atoms with van der Waals surface area (Å²) < 4.78 is 0. The number of rotatable bonds is 1. The Morgan fingerprint density at radius 3 is 2.38 bits per heavy atom. The molecule has 1 unspecified atom stereocenters. The van der Waals surface area contributed by atoms with Crippen LogP contribution < -0.4 is 5.32 Å². The first-order chi connectivity index (χ1) is 7.43. The van der Waals surface area contributed by atoms with Gasteiger partial charge in [0.2, 0.25) is 0 Å². The van der Waals surface area contributed by atoms with Gasteiger partial charge in [-0.1, -0.05) is 24.3 Å². The molecule has 2 rings (SSSR count). The Balaban J connectivity index is 2.35. The number of benzene rings is 1. The van der Waals surface area contributed by atoms with Crippen molar-refractivity contribution in [2.75, 3.05) is 0 Å². The molecule has 1 aliphatic rings. The van der Waals surface area contributed by atoms with Gasteiger partial charge in [0.05, 0.1) is 0 Å². The van der Waals surface area contributed by atoms with Crippen molar-refractivity contribution < 1.29 is 0 Å². The van der Waals surface area contributed by atoms with Crippen LogP contribution in [0, 0.1) is 6.92 Å². The fourth-order valence-electron chi connectivity index (χ4n) is 3.15. The van der Waals surface area contributed by atoms with E-state index >= 15 is 0 Å². The Labute approximate surface area is 99.3 Å². The smallest absolute Gasteiger partial charge is 0.0412 e. The first-order valence-corrected chi connectivity index (χ1v) is 6.28. The highest BCUT2D eigenvalue weighted by Gasteiger charge is 2.37. The van der Waals surface area contributed by atoms with Crippen molar-refractivity contribution in [2.45, 2.75) is 58.0 Å². The van der Waals surface area contributed by atoms with Gasteiger partial charge in [0, 0.05) is 11.1 Å². The summed E-state index contributed by atoms with van der Waals surface area (Å²) in [4.78, 5) is 0. The first kappa shape index (κ1) is 11.7. The summed E-state index contributed by atoms with van der Waals surface area (Å²) in [5.74, 6) is 0. The molecule has 1 fully saturated rings. The lowest BCUT2D eigenvalue weighted by Gasteiger charge is -2.45. The molecule has 1 heterocycles. The average Bonchev–Trinajstić information content (AvgIpc) is 2.16. The van der Waals surface area contributed by atoms with Gasteiger partial charge >= 0.3 is 0 Å². The van der Waals surface area contributed by atoms with E-state index in [2.05, 4.69) is 57.3 Å². The highest BCUT2D eigenvalue weighted by Crippen LogP contribution is 2.36. The van der Waals surface area contributed by atoms with E-state index in [4.69, 9.17) is 0 Å². The zero-order valence-electron chi connectivity index (χ0n) is 10.9. The highest BCUT2D eigenvalue weighted by atomic mass is 15.1. The molecule has 0 bridgehead atoms. The van der Waals surface area contributed by atoms with Crippen LogP contribution in [0.3, 0.4) is 0 Å². The monoisotopic (exact) mass is 217 g/mol. The molecule has 1 nitrogen and oxygen atoms in total. The van der Waals surface area contributed by atoms with Crippen molar-refractivity contribution >= 4 is 0 Å². The number of piperidine rings is 1. The molecule has 1 aromatic carbocycles. The molecule has 1 heteroatoms. The summed E-state index contributed by atoms with van der Waals surface area (Å²) in [5.41, 5.74) is 3.26. The fourth-order valence-corrected chi connectivity index (χ4v) is 3.15. The second kappa shape index (κ2) is 3.89. The van der Waals surface area contributed by atoms with Gasteiger partial charge in [-0.25, -0.2) is 0 Å². The SMILES string of the molecule is Cc1ccccc1C1(C)CCCC(C)(C)N1. The molecule has 1 saturated heterocycles. The molecule has 1 aromatic rings. The van der Waals surface area contributed by atoms with Gasteiger partial charge in [-0.3, -0.25) is 0 Å². The van der Waals surface area contributed by atoms with E-state index in [0.29, 0.717) is 0 Å². The van der Waals surface area contributed by atoms with Crippen molar-refractivity contribution in [3.63, 3.8) is 0 Å². The van der Waals surface area contributed by atoms with Crippen molar-refractivity contribution in [3.8, 4) is 0 Å². The van der Waals surface area contributed by atoms with Crippen LogP contribution >= 0.6 is 0 Å². The van der Waals surface area contributed by atoms with Gasteiger partial charge in [0.1, 0.15) is 0 Å². The molecular formula is C15H23N. The summed E-state index contributed by atoms with van der Waals surface area (Å²) >= 11 is 0. The molecule has 0 aliphatic carbocycles. The Morgan fingerprint density at radius 1 is 1.06 bits per heavy atom. The second-order valence-corrected chi connectivity index (χ2v) is 6.01. The Hall–Kier alpha value is -0.820. The van der Waals surface area contributed by atoms with Crippen molar-refractivity contribution in [1.29, 1.82) is 0 Å². The zero-order chi connectivity index (χ0) is 11.8. The molecule has 0 amide bonds. The summed E-state index contributed by atoms with van der Waals surface area (Å²) in [6, 6.07) is 8.75. The van der Waals surface area contributed by atoms with Crippen LogP contribution in [0.1, 0.15) is 51.2 Å². The van der Waals surface area contributed by atoms with Crippen molar-refractivity contribution in [1.82, 2.24) is 5.32 Å². The lowest BCUT2D eigenvalue weighted by Crippen LogP contribution is -2.55. The molecule has 16 heavy (non-hydrogen) atoms. The molecule has 88 valence electrons. The van der Waals surface area contributed by atoms with Gasteiger partial charge in [-0.2, -0.15) is 0 Å². The minimum absolute atomic E-state index is 0.146. The summed E-state index contributed by atoms with van der Waals surface area (Å²) in [5, 5.41) is 3.83. The van der Waals surface area contributed by atoms with Crippen molar-refractivity contribution in [3.05, 3.63) is 35.4 Å². The van der Waals surface area contributed by atoms with E-state index < -0.39 is 0 Å². The van der Waals surface area contributed by atoms with Gasteiger partial charge < -0.3 is 5.32 Å². The maximum atomic E-state index is 3.83. The lowest BCUT2D eigenvalue weighted by molar-refractivity contribution is 0.167. The van der Waals surface area contributed by atoms with Crippen LogP contribution in [-0.2, 0) is 5.54 Å². The molecular weight excluding hydrogens is 194 g/mol. The molecule has 1 atom stereocenters. The predicted molar refractivity (Wildman–Crippen MR) is 69.6 cm³/mol. The lowest BCUT2D eigenvalue weighted by atomic mass is 9.76. The second-order valence-electron chi connectivity index (χ2n) is 6.01. The number of hydrogen-bond donors (Lipinski definition) is 1. The maximum absolute atomic E-state index is 3.83. The van der Waals surface area contributed by atoms with Gasteiger partial charge in [-0.15, -0.1) is 0 Å². The number of nitrogens with one attached hydrogen (secondary N) is 1. The van der Waals surface area contributed by atoms with Crippen LogP contribution in [0.25, 0.3) is 0 Å². The van der Waals surface area contributed by atoms with Crippen molar-refractivity contribution in [2.24, 2.45) is 0 Å². The number of hydrogen-bond acceptors (Lipinski definition) is 1. The topological polar surface area (TPSA) is 12.0 Å². The maximum Gasteiger partial charge on any atom is 0.0412 e. The third-order valence-corrected chi connectivity index (χ3v) is 3.83. The highest BCUT2D eigenvalue weighted by molar-refractivity contribution is 5.33. The molecule has 0 saturated carbocycles. The largest absolute Gasteiger partial charge is 0.303 e. The number of aryl methyl sites for hydroxylation is 1. The van der Waals surface area contributed by atoms with E-state index in [-0.39, 0.29) is 11.1 Å². The van der Waals surface area contributed by atoms with Crippen LogP contribution in [0.4, 0.5) is 0 Å². The minimum atomic E-state index is 0.146. The van der Waals surface area contributed by atoms with Gasteiger partial charge in [0.25, 0.3) is 0 Å². The van der Waals surface area contributed by atoms with E-state index in [1.165, 1.54) is 30.4 Å². The van der Waals surface area contributed by atoms with Crippen LogP contribution in [0.2, 0.25) is 0 Å². The molecule has 1 N–H and O–H groups in total. The third-order valence-electron chi connectivity index (χ3n) is 3.83. The Morgan fingerprint density at radius 2 is 1.75 bits per heavy atom. The molecule has 1 aliphatic heterocycles. The molecule has 0 spiro atoms. The minimum Gasteiger partial charge on any atom is -0.303 e. The average molecular weight is 217 g/mol. The third kappa shape index (κ3) is 2.15. The summed E-state index contributed by atoms with van der Waals surface area (Å²) in [6.45, 7) is 9.17. The van der Waals surface area contributed by atoms with Crippen LogP contribution in [0.5, 0.6) is 0 Å². The molecule has 0 aromatic heterocycles. The van der Waals surface area contributed by atoms with Gasteiger partial charge in [0.15, 0.2) is 0 Å². The first-order valence-electron chi connectivity index (χ1n) is 6.28. The van der Waals surface area contributed by atoms with Crippen LogP contribution in [-0.4, -0.2) is 5.54 Å². The predicted octanol–water partition coefficient (Wildman–Crippen LogP) is 3.76. The fraction of sp³-hybridized carbons (Fsp3) is 0.600. The van der Waals surface area contributed by atoms with E-state index in [0.717, 1.165) is 0 Å². The standard InChI is InChI=1S/C15H23N/c1-12-8-5-6-9-13(12)15(4)11-7-10-14(2,3)16-15/h5-6,8-9,16H,7,10-11H2,1-4H3. The van der Waals surface area contributed by atoms with E-state index in [9.17, 15) is 0 Å². The summed E-state index contributed by atoms with van der Waals surface area (Å²) in [7, 11) is 0. The summed E-state index contributed by atoms with van der Waals surface area (Å²) in [6.07, 6.45) is 3.82. The zero-order valence-corrected chi connectivity index (χ0v) is 10.9. The van der Waals surface area contributed by atoms with E-state index in [1.807, 2.05) is 0 Å². The molecule has 0 radical (unpaired) electrons. The Kier molecular flexibility index (Phi) is 2.83. The van der Waals surface area contributed by atoms with Crippen LogP contribution in [0.15, 0.2) is 24.3 Å². The van der Waals surface area contributed by atoms with Gasteiger partial charge in [-0.05, 0) is 58.1 Å². The Bertz CT molecular complexity index is 381.